The Kier molecular flexibility index (Phi) is 3.29. The number of carbonyl (C=O) groups is 1. The maximum absolute atomic E-state index is 11.7. The minimum Gasteiger partial charge on any atom is -0.295 e. The van der Waals surface area contributed by atoms with E-state index in [2.05, 4.69) is 0 Å². The van der Waals surface area contributed by atoms with E-state index in [-0.39, 0.29) is 10.7 Å². The van der Waals surface area contributed by atoms with E-state index in [1.165, 1.54) is 31.2 Å². The fraction of sp³-hybridized carbons (Fsp3) is 0.364. The monoisotopic (exact) mass is 226 g/mol. The predicted molar refractivity (Wildman–Crippen MR) is 58.8 cm³/mol. The summed E-state index contributed by atoms with van der Waals surface area (Å²) in [5, 5.41) is -0.444. The molecule has 0 fully saturated rings. The van der Waals surface area contributed by atoms with Crippen molar-refractivity contribution in [2.75, 3.05) is 0 Å². The molecule has 82 valence electrons. The maximum Gasteiger partial charge on any atom is 0.180 e. The Labute approximate surface area is 90.0 Å². The average Bonchev–Trinajstić information content (AvgIpc) is 2.17. The van der Waals surface area contributed by atoms with Crippen molar-refractivity contribution in [1.82, 2.24) is 0 Å². The van der Waals surface area contributed by atoms with Gasteiger partial charge in [0.05, 0.1) is 10.1 Å². The molecule has 1 aromatic rings. The third-order valence-corrected chi connectivity index (χ3v) is 4.38. The zero-order valence-corrected chi connectivity index (χ0v) is 9.84. The van der Waals surface area contributed by atoms with Gasteiger partial charge >= 0.3 is 0 Å². The van der Waals surface area contributed by atoms with E-state index in [9.17, 15) is 13.2 Å². The van der Waals surface area contributed by atoms with Crippen molar-refractivity contribution >= 4 is 15.6 Å². The van der Waals surface area contributed by atoms with Crippen LogP contribution in [0.15, 0.2) is 29.2 Å². The molecule has 0 N–H and O–H groups in total. The number of benzene rings is 1. The molecule has 0 saturated carbocycles. The van der Waals surface area contributed by atoms with Gasteiger partial charge in [0.2, 0.25) is 0 Å². The molecule has 1 rings (SSSR count). The lowest BCUT2D eigenvalue weighted by Crippen LogP contribution is -2.13. The summed E-state index contributed by atoms with van der Waals surface area (Å²) in [5.41, 5.74) is 0.526. The molecule has 0 bridgehead atoms. The van der Waals surface area contributed by atoms with Gasteiger partial charge in [-0.3, -0.25) is 4.79 Å². The molecule has 0 atom stereocenters. The zero-order valence-electron chi connectivity index (χ0n) is 9.02. The molecule has 0 amide bonds. The van der Waals surface area contributed by atoms with Crippen LogP contribution in [-0.4, -0.2) is 19.5 Å². The van der Waals surface area contributed by atoms with Crippen molar-refractivity contribution in [3.63, 3.8) is 0 Å². The number of carbonyl (C=O) groups excluding carboxylic acids is 1. The normalized spacial score (nSPS) is 11.7. The van der Waals surface area contributed by atoms with Gasteiger partial charge in [0.1, 0.15) is 0 Å². The van der Waals surface area contributed by atoms with Gasteiger partial charge in [-0.15, -0.1) is 0 Å². The molecule has 3 nitrogen and oxygen atoms in total. The Hall–Kier alpha value is -1.16. The van der Waals surface area contributed by atoms with Crippen LogP contribution in [0.2, 0.25) is 0 Å². The molecule has 0 saturated heterocycles. The largest absolute Gasteiger partial charge is 0.295 e. The van der Waals surface area contributed by atoms with Crippen LogP contribution in [0.4, 0.5) is 0 Å². The van der Waals surface area contributed by atoms with Gasteiger partial charge in [-0.05, 0) is 32.9 Å². The molecule has 1 aromatic carbocycles. The van der Waals surface area contributed by atoms with E-state index in [1.807, 2.05) is 0 Å². The molecule has 15 heavy (non-hydrogen) atoms. The first-order chi connectivity index (χ1) is 6.85. The first kappa shape index (κ1) is 11.9. The Bertz CT molecular complexity index is 455. The number of rotatable bonds is 3. The van der Waals surface area contributed by atoms with Crippen molar-refractivity contribution in [2.24, 2.45) is 0 Å². The molecule has 0 aliphatic carbocycles. The van der Waals surface area contributed by atoms with Gasteiger partial charge in [0, 0.05) is 5.56 Å². The standard InChI is InChI=1S/C11H14O3S/c1-8(2)15(13,14)11-6-4-10(5-7-11)9(3)12/h4-8H,1-3H3. The van der Waals surface area contributed by atoms with Gasteiger partial charge in [-0.1, -0.05) is 12.1 Å². The van der Waals surface area contributed by atoms with E-state index in [0.29, 0.717) is 5.56 Å². The maximum atomic E-state index is 11.7. The average molecular weight is 226 g/mol. The topological polar surface area (TPSA) is 51.2 Å². The van der Waals surface area contributed by atoms with Crippen molar-refractivity contribution in [3.05, 3.63) is 29.8 Å². The summed E-state index contributed by atoms with van der Waals surface area (Å²) in [6.07, 6.45) is 0. The van der Waals surface area contributed by atoms with E-state index in [1.54, 1.807) is 13.8 Å². The van der Waals surface area contributed by atoms with Crippen LogP contribution in [0.25, 0.3) is 0 Å². The van der Waals surface area contributed by atoms with Crippen LogP contribution in [0, 0.1) is 0 Å². The Morgan fingerprint density at radius 2 is 1.60 bits per heavy atom. The number of hydrogen-bond acceptors (Lipinski definition) is 3. The molecule has 0 aliphatic rings. The molecule has 0 radical (unpaired) electrons. The third kappa shape index (κ3) is 2.45. The highest BCUT2D eigenvalue weighted by Gasteiger charge is 2.18. The second kappa shape index (κ2) is 4.14. The van der Waals surface area contributed by atoms with Gasteiger partial charge in [-0.25, -0.2) is 8.42 Å². The number of Topliss-reactive ketones (excluding diaryl/α,β-unsaturated/α-hetero) is 1. The minimum absolute atomic E-state index is 0.0662. The van der Waals surface area contributed by atoms with E-state index >= 15 is 0 Å². The molecule has 0 aromatic heterocycles. The first-order valence-electron chi connectivity index (χ1n) is 4.70. The molecule has 0 heterocycles. The Morgan fingerprint density at radius 1 is 1.13 bits per heavy atom. The van der Waals surface area contributed by atoms with Gasteiger partial charge in [0.15, 0.2) is 15.6 Å². The highest BCUT2D eigenvalue weighted by Crippen LogP contribution is 2.16. The van der Waals surface area contributed by atoms with Crippen LogP contribution in [0.3, 0.4) is 0 Å². The van der Waals surface area contributed by atoms with Crippen LogP contribution < -0.4 is 0 Å². The molecular weight excluding hydrogens is 212 g/mol. The van der Waals surface area contributed by atoms with Crippen molar-refractivity contribution in [1.29, 1.82) is 0 Å². The second-order valence-corrected chi connectivity index (χ2v) is 6.18. The summed E-state index contributed by atoms with van der Waals surface area (Å²) in [6, 6.07) is 6.04. The van der Waals surface area contributed by atoms with Gasteiger partial charge in [0.25, 0.3) is 0 Å². The highest BCUT2D eigenvalue weighted by molar-refractivity contribution is 7.92. The van der Waals surface area contributed by atoms with Crippen LogP contribution in [0.1, 0.15) is 31.1 Å². The fourth-order valence-corrected chi connectivity index (χ4v) is 2.21. The lowest BCUT2D eigenvalue weighted by Gasteiger charge is -2.07. The van der Waals surface area contributed by atoms with Crippen molar-refractivity contribution in [3.8, 4) is 0 Å². The van der Waals surface area contributed by atoms with Crippen LogP contribution in [0.5, 0.6) is 0 Å². The number of hydrogen-bond donors (Lipinski definition) is 0. The third-order valence-electron chi connectivity index (χ3n) is 2.21. The summed E-state index contributed by atoms with van der Waals surface area (Å²) in [5.74, 6) is -0.0662. The molecule has 4 heteroatoms. The highest BCUT2D eigenvalue weighted by atomic mass is 32.2. The molecule has 0 unspecified atom stereocenters. The first-order valence-corrected chi connectivity index (χ1v) is 6.25. The SMILES string of the molecule is CC(=O)c1ccc(S(=O)(=O)C(C)C)cc1. The quantitative estimate of drug-likeness (QED) is 0.741. The smallest absolute Gasteiger partial charge is 0.180 e. The Balaban J connectivity index is 3.15. The Morgan fingerprint density at radius 3 is 1.93 bits per heavy atom. The lowest BCUT2D eigenvalue weighted by molar-refractivity contribution is 0.101. The molecule has 0 spiro atoms. The van der Waals surface area contributed by atoms with Crippen molar-refractivity contribution in [2.45, 2.75) is 30.9 Å². The number of ketones is 1. The van der Waals surface area contributed by atoms with E-state index in [4.69, 9.17) is 0 Å². The minimum atomic E-state index is -3.23. The lowest BCUT2D eigenvalue weighted by atomic mass is 10.2. The zero-order chi connectivity index (χ0) is 11.6. The van der Waals surface area contributed by atoms with Crippen LogP contribution in [-0.2, 0) is 9.84 Å². The van der Waals surface area contributed by atoms with E-state index in [0.717, 1.165) is 0 Å². The summed E-state index contributed by atoms with van der Waals surface area (Å²) in [4.78, 5) is 11.3. The van der Waals surface area contributed by atoms with Gasteiger partial charge < -0.3 is 0 Å². The van der Waals surface area contributed by atoms with Crippen molar-refractivity contribution < 1.29 is 13.2 Å². The van der Waals surface area contributed by atoms with E-state index < -0.39 is 15.1 Å². The van der Waals surface area contributed by atoms with Crippen LogP contribution >= 0.6 is 0 Å². The predicted octanol–water partition coefficient (Wildman–Crippen LogP) is 2.07. The van der Waals surface area contributed by atoms with Gasteiger partial charge in [-0.2, -0.15) is 0 Å². The molecule has 0 aliphatic heterocycles. The summed E-state index contributed by atoms with van der Waals surface area (Å²) >= 11 is 0. The summed E-state index contributed by atoms with van der Waals surface area (Å²) in [7, 11) is -3.23. The fourth-order valence-electron chi connectivity index (χ4n) is 1.15. The summed E-state index contributed by atoms with van der Waals surface area (Å²) in [6.45, 7) is 4.72. The number of sulfone groups is 1. The second-order valence-electron chi connectivity index (χ2n) is 3.67. The molecular formula is C11H14O3S. The summed E-state index contributed by atoms with van der Waals surface area (Å²) < 4.78 is 23.5.